The molecule has 2 fully saturated rings. The summed E-state index contributed by atoms with van der Waals surface area (Å²) in [5.74, 6) is 0.0404. The maximum atomic E-state index is 11.9. The van der Waals surface area contributed by atoms with Crippen LogP contribution in [0.4, 0.5) is 0 Å². The van der Waals surface area contributed by atoms with Crippen LogP contribution in [0, 0.1) is 0 Å². The lowest BCUT2D eigenvalue weighted by Gasteiger charge is -2.32. The second-order valence-electron chi connectivity index (χ2n) is 6.31. The minimum Gasteiger partial charge on any atom is -0.352 e. The molecule has 1 aromatic carbocycles. The summed E-state index contributed by atoms with van der Waals surface area (Å²) < 4.78 is 0. The Kier molecular flexibility index (Phi) is 4.20. The van der Waals surface area contributed by atoms with Gasteiger partial charge < -0.3 is 11.1 Å². The molecule has 0 radical (unpaired) electrons. The van der Waals surface area contributed by atoms with Gasteiger partial charge in [-0.3, -0.25) is 9.69 Å². The average Bonchev–Trinajstić information content (AvgIpc) is 3.23. The first-order chi connectivity index (χ1) is 10.0. The second kappa shape index (κ2) is 5.95. The molecule has 1 aromatic rings. The van der Waals surface area contributed by atoms with E-state index < -0.39 is 5.54 Å². The molecule has 0 spiro atoms. The molecule has 1 heterocycles. The topological polar surface area (TPSA) is 58.4 Å². The Bertz CT molecular complexity index is 505. The largest absolute Gasteiger partial charge is 0.352 e. The van der Waals surface area contributed by atoms with Crippen LogP contribution in [0.5, 0.6) is 0 Å². The van der Waals surface area contributed by atoms with Crippen LogP contribution in [-0.2, 0) is 11.3 Å². The smallest absolute Gasteiger partial charge is 0.240 e. The summed E-state index contributed by atoms with van der Waals surface area (Å²) in [6.07, 6.45) is 3.65. The highest BCUT2D eigenvalue weighted by molar-refractivity contribution is 6.30. The van der Waals surface area contributed by atoms with Crippen LogP contribution >= 0.6 is 11.6 Å². The number of amides is 1. The van der Waals surface area contributed by atoms with Crippen LogP contribution in [0.2, 0.25) is 5.02 Å². The van der Waals surface area contributed by atoms with E-state index in [9.17, 15) is 4.79 Å². The lowest BCUT2D eigenvalue weighted by atomic mass is 10.0. The molecule has 5 heteroatoms. The molecule has 0 aromatic heterocycles. The Morgan fingerprint density at radius 1 is 1.29 bits per heavy atom. The van der Waals surface area contributed by atoms with E-state index in [4.69, 9.17) is 17.3 Å². The molecule has 1 aliphatic carbocycles. The monoisotopic (exact) mass is 307 g/mol. The summed E-state index contributed by atoms with van der Waals surface area (Å²) in [7, 11) is 0. The third-order valence-electron chi connectivity index (χ3n) is 4.48. The number of rotatable bonds is 4. The Morgan fingerprint density at radius 3 is 2.48 bits per heavy atom. The van der Waals surface area contributed by atoms with Gasteiger partial charge in [0.15, 0.2) is 0 Å². The first-order valence-electron chi connectivity index (χ1n) is 7.62. The lowest BCUT2D eigenvalue weighted by molar-refractivity contribution is -0.124. The molecule has 21 heavy (non-hydrogen) atoms. The molecule has 2 aliphatic rings. The maximum absolute atomic E-state index is 11.9. The molecule has 0 bridgehead atoms. The molecular formula is C16H22ClN3O. The van der Waals surface area contributed by atoms with Gasteiger partial charge in [0, 0.05) is 30.7 Å². The van der Waals surface area contributed by atoms with Gasteiger partial charge in [0.25, 0.3) is 0 Å². The fourth-order valence-corrected chi connectivity index (χ4v) is 2.90. The number of nitrogens with two attached hydrogens (primary N) is 1. The molecule has 3 rings (SSSR count). The van der Waals surface area contributed by atoms with Crippen LogP contribution in [-0.4, -0.2) is 35.5 Å². The zero-order chi connectivity index (χ0) is 14.9. The third kappa shape index (κ3) is 3.76. The van der Waals surface area contributed by atoms with Gasteiger partial charge in [-0.1, -0.05) is 23.7 Å². The minimum absolute atomic E-state index is 0.0404. The van der Waals surface area contributed by atoms with Gasteiger partial charge in [-0.25, -0.2) is 0 Å². The minimum atomic E-state index is -0.555. The highest BCUT2D eigenvalue weighted by Gasteiger charge is 2.46. The Morgan fingerprint density at radius 2 is 1.90 bits per heavy atom. The molecule has 1 aliphatic heterocycles. The summed E-state index contributed by atoms with van der Waals surface area (Å²) in [5.41, 5.74) is 6.64. The number of halogens is 1. The Labute approximate surface area is 130 Å². The summed E-state index contributed by atoms with van der Waals surface area (Å²) in [4.78, 5) is 14.4. The summed E-state index contributed by atoms with van der Waals surface area (Å²) >= 11 is 5.90. The predicted octanol–water partition coefficient (Wildman–Crippen LogP) is 1.91. The third-order valence-corrected chi connectivity index (χ3v) is 4.74. The molecule has 1 amide bonds. The van der Waals surface area contributed by atoms with Gasteiger partial charge in [-0.2, -0.15) is 0 Å². The molecule has 3 N–H and O–H groups in total. The SMILES string of the molecule is NC1(C(=O)NC2CCN(Cc3ccc(Cl)cc3)CC2)CC1. The van der Waals surface area contributed by atoms with E-state index in [1.807, 2.05) is 12.1 Å². The summed E-state index contributed by atoms with van der Waals surface area (Å²) in [6, 6.07) is 8.28. The van der Waals surface area contributed by atoms with E-state index in [-0.39, 0.29) is 11.9 Å². The van der Waals surface area contributed by atoms with Crippen molar-refractivity contribution < 1.29 is 4.79 Å². The number of benzene rings is 1. The van der Waals surface area contributed by atoms with Gasteiger partial charge in [-0.05, 0) is 43.4 Å². The number of nitrogens with zero attached hydrogens (tertiary/aromatic N) is 1. The molecule has 114 valence electrons. The summed E-state index contributed by atoms with van der Waals surface area (Å²) in [6.45, 7) is 2.95. The van der Waals surface area contributed by atoms with Crippen molar-refractivity contribution in [3.05, 3.63) is 34.9 Å². The first kappa shape index (κ1) is 14.8. The number of nitrogens with one attached hydrogen (secondary N) is 1. The number of carbonyl (C=O) groups excluding carboxylic acids is 1. The van der Waals surface area contributed by atoms with Crippen LogP contribution < -0.4 is 11.1 Å². The zero-order valence-corrected chi connectivity index (χ0v) is 12.9. The van der Waals surface area contributed by atoms with E-state index in [0.717, 1.165) is 50.3 Å². The molecular weight excluding hydrogens is 286 g/mol. The molecule has 0 unspecified atom stereocenters. The molecule has 4 nitrogen and oxygen atoms in total. The number of piperidine rings is 1. The van der Waals surface area contributed by atoms with Gasteiger partial charge in [-0.15, -0.1) is 0 Å². The number of likely N-dealkylation sites (tertiary alicyclic amines) is 1. The van der Waals surface area contributed by atoms with E-state index in [1.165, 1.54) is 5.56 Å². The molecule has 0 atom stereocenters. The quantitative estimate of drug-likeness (QED) is 0.893. The van der Waals surface area contributed by atoms with Crippen molar-refractivity contribution in [1.82, 2.24) is 10.2 Å². The van der Waals surface area contributed by atoms with Gasteiger partial charge in [0.2, 0.25) is 5.91 Å². The number of carbonyl (C=O) groups is 1. The van der Waals surface area contributed by atoms with Crippen LogP contribution in [0.1, 0.15) is 31.2 Å². The Hall–Kier alpha value is -1.10. The standard InChI is InChI=1S/C16H22ClN3O/c17-13-3-1-12(2-4-13)11-20-9-5-14(6-10-20)19-15(21)16(18)7-8-16/h1-4,14H,5-11,18H2,(H,19,21). The molecule has 1 saturated carbocycles. The van der Waals surface area contributed by atoms with Crippen LogP contribution in [0.25, 0.3) is 0 Å². The van der Waals surface area contributed by atoms with E-state index in [2.05, 4.69) is 22.3 Å². The normalized spacial score (nSPS) is 22.0. The van der Waals surface area contributed by atoms with Crippen molar-refractivity contribution in [2.24, 2.45) is 5.73 Å². The van der Waals surface area contributed by atoms with E-state index in [0.29, 0.717) is 0 Å². The van der Waals surface area contributed by atoms with Gasteiger partial charge >= 0.3 is 0 Å². The fourth-order valence-electron chi connectivity index (χ4n) is 2.77. The van der Waals surface area contributed by atoms with E-state index >= 15 is 0 Å². The summed E-state index contributed by atoms with van der Waals surface area (Å²) in [5, 5.41) is 3.88. The van der Waals surface area contributed by atoms with Crippen molar-refractivity contribution in [1.29, 1.82) is 0 Å². The lowest BCUT2D eigenvalue weighted by Crippen LogP contribution is -2.50. The van der Waals surface area contributed by atoms with Crippen LogP contribution in [0.15, 0.2) is 24.3 Å². The predicted molar refractivity (Wildman–Crippen MR) is 84.0 cm³/mol. The van der Waals surface area contributed by atoms with Crippen molar-refractivity contribution in [3.8, 4) is 0 Å². The van der Waals surface area contributed by atoms with E-state index in [1.54, 1.807) is 0 Å². The van der Waals surface area contributed by atoms with Crippen molar-refractivity contribution in [2.75, 3.05) is 13.1 Å². The highest BCUT2D eigenvalue weighted by atomic mass is 35.5. The zero-order valence-electron chi connectivity index (χ0n) is 12.1. The number of hydrogen-bond acceptors (Lipinski definition) is 3. The van der Waals surface area contributed by atoms with Gasteiger partial charge in [0.05, 0.1) is 5.54 Å². The molecule has 1 saturated heterocycles. The average molecular weight is 308 g/mol. The van der Waals surface area contributed by atoms with Crippen LogP contribution in [0.3, 0.4) is 0 Å². The maximum Gasteiger partial charge on any atom is 0.240 e. The highest BCUT2D eigenvalue weighted by Crippen LogP contribution is 2.32. The fraction of sp³-hybridized carbons (Fsp3) is 0.562. The second-order valence-corrected chi connectivity index (χ2v) is 6.74. The first-order valence-corrected chi connectivity index (χ1v) is 8.00. The van der Waals surface area contributed by atoms with Gasteiger partial charge in [0.1, 0.15) is 0 Å². The Balaban J connectivity index is 1.44. The number of hydrogen-bond donors (Lipinski definition) is 2. The van der Waals surface area contributed by atoms with Crippen molar-refractivity contribution in [2.45, 2.75) is 43.8 Å². The van der Waals surface area contributed by atoms with Crippen molar-refractivity contribution in [3.63, 3.8) is 0 Å². The van der Waals surface area contributed by atoms with Crippen molar-refractivity contribution >= 4 is 17.5 Å².